The summed E-state index contributed by atoms with van der Waals surface area (Å²) in [5.74, 6) is 0.243. The predicted octanol–water partition coefficient (Wildman–Crippen LogP) is 4.14. The number of halogens is 4. The molecule has 1 N–H and O–H groups in total. The highest BCUT2D eigenvalue weighted by molar-refractivity contribution is 6.32. The van der Waals surface area contributed by atoms with Crippen molar-refractivity contribution in [2.45, 2.75) is 25.4 Å². The lowest BCUT2D eigenvalue weighted by molar-refractivity contribution is -0.180. The molecule has 0 fully saturated rings. The third-order valence-electron chi connectivity index (χ3n) is 5.59. The second-order valence-electron chi connectivity index (χ2n) is 7.88. The van der Waals surface area contributed by atoms with E-state index in [9.17, 15) is 18.0 Å². The molecule has 0 radical (unpaired) electrons. The van der Waals surface area contributed by atoms with Gasteiger partial charge in [0.2, 0.25) is 0 Å². The van der Waals surface area contributed by atoms with E-state index in [1.54, 1.807) is 19.3 Å². The number of carbonyl (C=O) groups excluding carboxylic acids is 1. The summed E-state index contributed by atoms with van der Waals surface area (Å²) in [6.07, 6.45) is 2.84. The largest absolute Gasteiger partial charge is 0.400 e. The lowest BCUT2D eigenvalue weighted by Crippen LogP contribution is -2.46. The zero-order valence-corrected chi connectivity index (χ0v) is 18.1. The summed E-state index contributed by atoms with van der Waals surface area (Å²) in [4.78, 5) is 23.8. The smallest absolute Gasteiger partial charge is 0.306 e. The Hall–Kier alpha value is -3.67. The first-order chi connectivity index (χ1) is 15.6. The van der Waals surface area contributed by atoms with Crippen LogP contribution in [0.15, 0.2) is 43.1 Å². The van der Waals surface area contributed by atoms with Gasteiger partial charge in [-0.15, -0.1) is 4.80 Å². The van der Waals surface area contributed by atoms with Crippen LogP contribution < -0.4 is 10.2 Å². The molecule has 5 rings (SSSR count). The normalized spacial score (nSPS) is 18.1. The molecule has 0 spiro atoms. The Balaban J connectivity index is 1.51. The molecule has 9 nitrogen and oxygen atoms in total. The van der Waals surface area contributed by atoms with Gasteiger partial charge in [-0.25, -0.2) is 14.8 Å². The Labute approximate surface area is 189 Å². The molecule has 4 aromatic rings. The summed E-state index contributed by atoms with van der Waals surface area (Å²) in [5, 5.41) is 10.6. The number of urea groups is 1. The summed E-state index contributed by atoms with van der Waals surface area (Å²) in [5.41, 5.74) is -1.25. The Morgan fingerprint density at radius 3 is 2.67 bits per heavy atom. The van der Waals surface area contributed by atoms with Crippen LogP contribution in [0.4, 0.5) is 29.3 Å². The second kappa shape index (κ2) is 7.17. The Kier molecular flexibility index (Phi) is 4.60. The van der Waals surface area contributed by atoms with Crippen molar-refractivity contribution in [3.63, 3.8) is 0 Å². The molecule has 2 amide bonds. The number of aryl methyl sites for hydroxylation is 1. The summed E-state index contributed by atoms with van der Waals surface area (Å²) >= 11 is 6.23. The van der Waals surface area contributed by atoms with E-state index in [0.717, 1.165) is 11.8 Å². The highest BCUT2D eigenvalue weighted by Gasteiger charge is 2.59. The number of aromatic nitrogens is 6. The van der Waals surface area contributed by atoms with Crippen LogP contribution in [-0.4, -0.2) is 48.1 Å². The number of nitrogens with zero attached hydrogens (tertiary/aromatic N) is 7. The van der Waals surface area contributed by atoms with E-state index in [1.807, 2.05) is 0 Å². The standard InChI is InChI=1S/C20H16ClF3N8O/c1-11-9-30-6-3-14-15(17(30)28-11)19(2,20(22,23)24)10-31(14)18(33)29-12-7-13(21)16(25-8-12)32-26-4-5-27-32/h3-9H,10H2,1-2H3,(H,29,33). The number of hydrogen-bond acceptors (Lipinski definition) is 5. The first kappa shape index (κ1) is 21.2. The van der Waals surface area contributed by atoms with Crippen LogP contribution in [0.2, 0.25) is 5.02 Å². The quantitative estimate of drug-likeness (QED) is 0.469. The molecule has 1 atom stereocenters. The average Bonchev–Trinajstić information content (AvgIpc) is 3.45. The van der Waals surface area contributed by atoms with Gasteiger partial charge in [0.1, 0.15) is 11.1 Å². The summed E-state index contributed by atoms with van der Waals surface area (Å²) in [6.45, 7) is 2.18. The molecule has 0 saturated heterocycles. The molecule has 1 aliphatic heterocycles. The van der Waals surface area contributed by atoms with Crippen LogP contribution in [0.5, 0.6) is 0 Å². The molecule has 13 heteroatoms. The molecule has 0 aromatic carbocycles. The number of anilines is 2. The average molecular weight is 477 g/mol. The maximum Gasteiger partial charge on any atom is 0.400 e. The van der Waals surface area contributed by atoms with Gasteiger partial charge in [-0.05, 0) is 26.0 Å². The first-order valence-electron chi connectivity index (χ1n) is 9.75. The molecule has 0 bridgehead atoms. The van der Waals surface area contributed by atoms with Gasteiger partial charge in [0.15, 0.2) is 5.82 Å². The van der Waals surface area contributed by atoms with Crippen molar-refractivity contribution in [2.75, 3.05) is 16.8 Å². The molecule has 33 heavy (non-hydrogen) atoms. The third kappa shape index (κ3) is 3.28. The van der Waals surface area contributed by atoms with E-state index in [0.29, 0.717) is 5.69 Å². The number of pyridine rings is 2. The van der Waals surface area contributed by atoms with Crippen molar-refractivity contribution in [2.24, 2.45) is 0 Å². The predicted molar refractivity (Wildman–Crippen MR) is 114 cm³/mol. The van der Waals surface area contributed by atoms with Gasteiger partial charge in [0.25, 0.3) is 0 Å². The number of rotatable bonds is 2. The fraction of sp³-hybridized carbons (Fsp3) is 0.250. The molecule has 0 saturated carbocycles. The van der Waals surface area contributed by atoms with Gasteiger partial charge in [0, 0.05) is 24.5 Å². The van der Waals surface area contributed by atoms with Crippen molar-refractivity contribution < 1.29 is 18.0 Å². The minimum atomic E-state index is -4.61. The lowest BCUT2D eigenvalue weighted by Gasteiger charge is -2.28. The van der Waals surface area contributed by atoms with Crippen LogP contribution >= 0.6 is 11.6 Å². The lowest BCUT2D eigenvalue weighted by atomic mass is 9.84. The summed E-state index contributed by atoms with van der Waals surface area (Å²) < 4.78 is 44.2. The van der Waals surface area contributed by atoms with Gasteiger partial charge in [-0.1, -0.05) is 11.6 Å². The summed E-state index contributed by atoms with van der Waals surface area (Å²) in [6, 6.07) is 2.16. The fourth-order valence-corrected chi connectivity index (χ4v) is 4.22. The van der Waals surface area contributed by atoms with Crippen LogP contribution in [0.1, 0.15) is 18.2 Å². The molecule has 170 valence electrons. The number of carbonyl (C=O) groups is 1. The molecule has 4 aromatic heterocycles. The van der Waals surface area contributed by atoms with Crippen molar-refractivity contribution in [3.05, 3.63) is 59.4 Å². The van der Waals surface area contributed by atoms with Crippen LogP contribution in [-0.2, 0) is 5.41 Å². The third-order valence-corrected chi connectivity index (χ3v) is 5.87. The van der Waals surface area contributed by atoms with Crippen molar-refractivity contribution in [1.29, 1.82) is 0 Å². The SMILES string of the molecule is Cc1cn2ccc3c(c2n1)C(C)(C(F)(F)F)CN3C(=O)Nc1cnc(-n2nccn2)c(Cl)c1. The molecule has 0 aliphatic carbocycles. The highest BCUT2D eigenvalue weighted by Crippen LogP contribution is 2.51. The van der Waals surface area contributed by atoms with Crippen LogP contribution in [0.3, 0.4) is 0 Å². The number of imidazole rings is 1. The molecule has 1 unspecified atom stereocenters. The number of amides is 2. The van der Waals surface area contributed by atoms with Gasteiger partial charge in [-0.2, -0.15) is 23.4 Å². The van der Waals surface area contributed by atoms with E-state index in [4.69, 9.17) is 11.6 Å². The van der Waals surface area contributed by atoms with E-state index < -0.39 is 24.2 Å². The zero-order valence-electron chi connectivity index (χ0n) is 17.3. The monoisotopic (exact) mass is 476 g/mol. The topological polar surface area (TPSA) is 93.2 Å². The van der Waals surface area contributed by atoms with Gasteiger partial charge >= 0.3 is 12.2 Å². The van der Waals surface area contributed by atoms with E-state index in [1.165, 1.54) is 39.9 Å². The number of fused-ring (bicyclic) bond motifs is 3. The molecule has 1 aliphatic rings. The van der Waals surface area contributed by atoms with E-state index in [2.05, 4.69) is 25.5 Å². The maximum atomic E-state index is 14.2. The second-order valence-corrected chi connectivity index (χ2v) is 8.29. The van der Waals surface area contributed by atoms with Crippen molar-refractivity contribution in [3.8, 4) is 5.82 Å². The Morgan fingerprint density at radius 2 is 2.00 bits per heavy atom. The van der Waals surface area contributed by atoms with Crippen LogP contribution in [0.25, 0.3) is 11.5 Å². The number of hydrogen-bond donors (Lipinski definition) is 1. The first-order valence-corrected chi connectivity index (χ1v) is 10.1. The van der Waals surface area contributed by atoms with Gasteiger partial charge in [0.05, 0.1) is 40.7 Å². The van der Waals surface area contributed by atoms with Crippen LogP contribution in [0, 0.1) is 6.92 Å². The zero-order chi connectivity index (χ0) is 23.5. The highest BCUT2D eigenvalue weighted by atomic mass is 35.5. The Morgan fingerprint density at radius 1 is 1.27 bits per heavy atom. The molecular formula is C20H16ClF3N8O. The van der Waals surface area contributed by atoms with Gasteiger partial charge < -0.3 is 9.72 Å². The van der Waals surface area contributed by atoms with E-state index in [-0.39, 0.29) is 33.4 Å². The minimum Gasteiger partial charge on any atom is -0.306 e. The minimum absolute atomic E-state index is 0.0444. The van der Waals surface area contributed by atoms with E-state index >= 15 is 0 Å². The Bertz CT molecular complexity index is 1380. The molecular weight excluding hydrogens is 461 g/mol. The number of alkyl halides is 3. The molecule has 5 heterocycles. The number of nitrogens with one attached hydrogen (secondary N) is 1. The van der Waals surface area contributed by atoms with Gasteiger partial charge in [-0.3, -0.25) is 4.90 Å². The summed E-state index contributed by atoms with van der Waals surface area (Å²) in [7, 11) is 0. The fourth-order valence-electron chi connectivity index (χ4n) is 3.97. The van der Waals surface area contributed by atoms with Crippen molar-refractivity contribution in [1.82, 2.24) is 29.4 Å². The maximum absolute atomic E-state index is 14.2. The van der Waals surface area contributed by atoms with Crippen molar-refractivity contribution >= 4 is 34.7 Å².